The Labute approximate surface area is 156 Å². The van der Waals surface area contributed by atoms with E-state index >= 15 is 0 Å². The summed E-state index contributed by atoms with van der Waals surface area (Å²) in [5, 5.41) is 14.5. The first-order valence-electron chi connectivity index (χ1n) is 8.64. The van der Waals surface area contributed by atoms with Gasteiger partial charge < -0.3 is 20.5 Å². The minimum absolute atomic E-state index is 0.171. The van der Waals surface area contributed by atoms with Crippen LogP contribution in [-0.4, -0.2) is 29.5 Å². The van der Waals surface area contributed by atoms with E-state index in [2.05, 4.69) is 10.6 Å². The Kier molecular flexibility index (Phi) is 5.71. The van der Waals surface area contributed by atoms with Crippen LogP contribution in [0.5, 0.6) is 5.75 Å². The minimum atomic E-state index is -0.942. The zero-order chi connectivity index (χ0) is 19.2. The Bertz CT molecular complexity index is 837. The minimum Gasteiger partial charge on any atom is -0.484 e. The molecule has 1 fully saturated rings. The van der Waals surface area contributed by atoms with Crippen LogP contribution in [0, 0.1) is 11.8 Å². The van der Waals surface area contributed by atoms with E-state index in [9.17, 15) is 14.4 Å². The van der Waals surface area contributed by atoms with Crippen molar-refractivity contribution in [1.82, 2.24) is 0 Å². The van der Waals surface area contributed by atoms with Gasteiger partial charge in [-0.25, -0.2) is 0 Å². The van der Waals surface area contributed by atoms with Crippen molar-refractivity contribution in [3.8, 4) is 5.75 Å². The number of nitrogens with one attached hydrogen (secondary N) is 2. The molecule has 0 heterocycles. The molecule has 7 nitrogen and oxygen atoms in total. The second kappa shape index (κ2) is 8.35. The lowest BCUT2D eigenvalue weighted by Crippen LogP contribution is -2.41. The van der Waals surface area contributed by atoms with Gasteiger partial charge in [-0.05, 0) is 37.1 Å². The summed E-state index contributed by atoms with van der Waals surface area (Å²) in [6, 6.07) is 15.7. The summed E-state index contributed by atoms with van der Waals surface area (Å²) in [6.07, 6.45) is 1.09. The second-order valence-electron chi connectivity index (χ2n) is 6.35. The van der Waals surface area contributed by atoms with Crippen molar-refractivity contribution < 1.29 is 24.2 Å². The molecule has 2 aromatic carbocycles. The van der Waals surface area contributed by atoms with Crippen LogP contribution in [0.1, 0.15) is 12.8 Å². The fraction of sp³-hybridized carbons (Fsp3) is 0.250. The quantitative estimate of drug-likeness (QED) is 0.697. The Morgan fingerprint density at radius 1 is 0.926 bits per heavy atom. The zero-order valence-corrected chi connectivity index (χ0v) is 14.6. The van der Waals surface area contributed by atoms with Crippen LogP contribution < -0.4 is 15.4 Å². The predicted octanol–water partition coefficient (Wildman–Crippen LogP) is 2.75. The van der Waals surface area contributed by atoms with Crippen molar-refractivity contribution in [1.29, 1.82) is 0 Å². The maximum absolute atomic E-state index is 12.2. The number of carboxylic acids is 1. The molecule has 3 N–H and O–H groups in total. The van der Waals surface area contributed by atoms with E-state index in [0.29, 0.717) is 30.0 Å². The maximum atomic E-state index is 12.2. The fourth-order valence-corrected chi connectivity index (χ4v) is 2.88. The number of rotatable bonds is 7. The molecule has 0 aromatic heterocycles. The average molecular weight is 368 g/mol. The van der Waals surface area contributed by atoms with Gasteiger partial charge in [0.05, 0.1) is 11.8 Å². The lowest BCUT2D eigenvalue weighted by molar-refractivity contribution is -0.151. The standard InChI is InChI=1S/C20H20N2O5/c23-18(21-13-5-2-1-3-6-13)12-27-15-8-4-7-14(11-15)22-19(24)16-9-10-17(16)20(25)26/h1-8,11,16-17H,9-10,12H2,(H,21,23)(H,22,24)(H,25,26). The second-order valence-corrected chi connectivity index (χ2v) is 6.35. The van der Waals surface area contributed by atoms with Crippen LogP contribution in [0.4, 0.5) is 11.4 Å². The molecule has 1 aliphatic rings. The zero-order valence-electron chi connectivity index (χ0n) is 14.6. The fourth-order valence-electron chi connectivity index (χ4n) is 2.88. The molecule has 0 spiro atoms. The van der Waals surface area contributed by atoms with Crippen LogP contribution in [0.15, 0.2) is 54.6 Å². The molecule has 2 unspecified atom stereocenters. The Morgan fingerprint density at radius 2 is 1.63 bits per heavy atom. The third-order valence-electron chi connectivity index (χ3n) is 4.46. The number of carbonyl (C=O) groups is 3. The number of amides is 2. The third kappa shape index (κ3) is 4.84. The van der Waals surface area contributed by atoms with Crippen LogP contribution in [0.2, 0.25) is 0 Å². The van der Waals surface area contributed by atoms with Crippen molar-refractivity contribution in [2.24, 2.45) is 11.8 Å². The highest BCUT2D eigenvalue weighted by molar-refractivity contribution is 5.96. The Balaban J connectivity index is 1.52. The lowest BCUT2D eigenvalue weighted by atomic mass is 9.73. The van der Waals surface area contributed by atoms with E-state index in [1.165, 1.54) is 0 Å². The smallest absolute Gasteiger partial charge is 0.307 e. The molecule has 7 heteroatoms. The average Bonchev–Trinajstić information content (AvgIpc) is 2.59. The number of aliphatic carboxylic acids is 1. The van der Waals surface area contributed by atoms with Gasteiger partial charge in [-0.1, -0.05) is 24.3 Å². The lowest BCUT2D eigenvalue weighted by Gasteiger charge is -2.31. The van der Waals surface area contributed by atoms with Crippen LogP contribution in [0.3, 0.4) is 0 Å². The van der Waals surface area contributed by atoms with Gasteiger partial charge >= 0.3 is 5.97 Å². The van der Waals surface area contributed by atoms with Gasteiger partial charge in [0.1, 0.15) is 5.75 Å². The highest BCUT2D eigenvalue weighted by atomic mass is 16.5. The molecule has 3 rings (SSSR count). The van der Waals surface area contributed by atoms with E-state index in [1.54, 1.807) is 36.4 Å². The maximum Gasteiger partial charge on any atom is 0.307 e. The summed E-state index contributed by atoms with van der Waals surface area (Å²) in [7, 11) is 0. The highest BCUT2D eigenvalue weighted by Crippen LogP contribution is 2.35. The van der Waals surface area contributed by atoms with Gasteiger partial charge in [0.2, 0.25) is 5.91 Å². The molecular formula is C20H20N2O5. The van der Waals surface area contributed by atoms with Crippen LogP contribution in [0.25, 0.3) is 0 Å². The summed E-state index contributed by atoms with van der Waals surface area (Å²) in [5.74, 6) is -2.25. The molecule has 140 valence electrons. The van der Waals surface area contributed by atoms with Crippen LogP contribution >= 0.6 is 0 Å². The molecule has 0 radical (unpaired) electrons. The first kappa shape index (κ1) is 18.4. The first-order valence-corrected chi connectivity index (χ1v) is 8.64. The number of ether oxygens (including phenoxy) is 1. The summed E-state index contributed by atoms with van der Waals surface area (Å²) in [5.41, 5.74) is 1.18. The molecule has 2 amide bonds. The van der Waals surface area contributed by atoms with E-state index in [-0.39, 0.29) is 18.4 Å². The van der Waals surface area contributed by atoms with Gasteiger partial charge in [0.25, 0.3) is 5.91 Å². The van der Waals surface area contributed by atoms with Crippen molar-refractivity contribution in [2.75, 3.05) is 17.2 Å². The summed E-state index contributed by atoms with van der Waals surface area (Å²) in [4.78, 5) is 35.2. The van der Waals surface area contributed by atoms with E-state index in [0.717, 1.165) is 0 Å². The Hall–Kier alpha value is -3.35. The summed E-state index contributed by atoms with van der Waals surface area (Å²) < 4.78 is 5.46. The van der Waals surface area contributed by atoms with Gasteiger partial charge in [0.15, 0.2) is 6.61 Å². The molecule has 2 aromatic rings. The Morgan fingerprint density at radius 3 is 2.30 bits per heavy atom. The number of carbonyl (C=O) groups excluding carboxylic acids is 2. The molecule has 0 bridgehead atoms. The van der Waals surface area contributed by atoms with Crippen molar-refractivity contribution in [3.05, 3.63) is 54.6 Å². The molecule has 0 aliphatic heterocycles. The summed E-state index contributed by atoms with van der Waals surface area (Å²) >= 11 is 0. The topological polar surface area (TPSA) is 105 Å². The highest BCUT2D eigenvalue weighted by Gasteiger charge is 2.41. The number of benzene rings is 2. The number of hydrogen-bond acceptors (Lipinski definition) is 4. The molecule has 2 atom stereocenters. The molecule has 27 heavy (non-hydrogen) atoms. The van der Waals surface area contributed by atoms with Gasteiger partial charge in [-0.2, -0.15) is 0 Å². The summed E-state index contributed by atoms with van der Waals surface area (Å²) in [6.45, 7) is -0.171. The van der Waals surface area contributed by atoms with Crippen molar-refractivity contribution in [3.63, 3.8) is 0 Å². The van der Waals surface area contributed by atoms with E-state index in [1.807, 2.05) is 18.2 Å². The number of carboxylic acid groups (broad SMARTS) is 1. The van der Waals surface area contributed by atoms with Gasteiger partial charge in [-0.3, -0.25) is 14.4 Å². The number of hydrogen-bond donors (Lipinski definition) is 3. The third-order valence-corrected chi connectivity index (χ3v) is 4.46. The van der Waals surface area contributed by atoms with Gasteiger partial charge in [-0.15, -0.1) is 0 Å². The monoisotopic (exact) mass is 368 g/mol. The SMILES string of the molecule is O=C(COc1cccc(NC(=O)C2CCC2C(=O)O)c1)Nc1ccccc1. The van der Waals surface area contributed by atoms with E-state index < -0.39 is 17.8 Å². The van der Waals surface area contributed by atoms with Crippen molar-refractivity contribution in [2.45, 2.75) is 12.8 Å². The normalized spacial score (nSPS) is 18.1. The van der Waals surface area contributed by atoms with Gasteiger partial charge in [0, 0.05) is 17.4 Å². The van der Waals surface area contributed by atoms with Crippen molar-refractivity contribution >= 4 is 29.2 Å². The first-order chi connectivity index (χ1) is 13.0. The number of para-hydroxylation sites is 1. The number of anilines is 2. The largest absolute Gasteiger partial charge is 0.484 e. The van der Waals surface area contributed by atoms with E-state index in [4.69, 9.17) is 9.84 Å². The molecule has 1 saturated carbocycles. The molecule has 0 saturated heterocycles. The molecule has 1 aliphatic carbocycles. The van der Waals surface area contributed by atoms with Crippen LogP contribution in [-0.2, 0) is 14.4 Å². The predicted molar refractivity (Wildman–Crippen MR) is 99.5 cm³/mol. The molecular weight excluding hydrogens is 348 g/mol.